The van der Waals surface area contributed by atoms with Crippen LogP contribution in [-0.4, -0.2) is 5.78 Å². The van der Waals surface area contributed by atoms with Crippen molar-refractivity contribution < 1.29 is 4.79 Å². The average molecular weight is 250 g/mol. The van der Waals surface area contributed by atoms with Crippen molar-refractivity contribution in [2.45, 2.75) is 25.2 Å². The summed E-state index contributed by atoms with van der Waals surface area (Å²) in [7, 11) is 0. The zero-order valence-corrected chi connectivity index (χ0v) is 11.0. The smallest absolute Gasteiger partial charge is 0.166 e. The van der Waals surface area contributed by atoms with E-state index in [0.29, 0.717) is 11.7 Å². The van der Waals surface area contributed by atoms with Gasteiger partial charge in [-0.15, -0.1) is 0 Å². The fourth-order valence-corrected chi connectivity index (χ4v) is 3.19. The number of carbonyl (C=O) groups is 1. The maximum absolute atomic E-state index is 12.6. The van der Waals surface area contributed by atoms with E-state index in [1.165, 1.54) is 5.56 Å². The Labute approximate surface area is 114 Å². The van der Waals surface area contributed by atoms with Crippen LogP contribution in [0.25, 0.3) is 0 Å². The normalized spacial score (nSPS) is 22.3. The summed E-state index contributed by atoms with van der Waals surface area (Å²) in [5, 5.41) is 0. The van der Waals surface area contributed by atoms with Gasteiger partial charge in [0.15, 0.2) is 5.78 Å². The molecular formula is C18H18O. The Morgan fingerprint density at radius 3 is 2.16 bits per heavy atom. The number of benzene rings is 2. The molecule has 0 aliphatic heterocycles. The molecule has 1 fully saturated rings. The third-order valence-electron chi connectivity index (χ3n) is 4.14. The molecule has 0 unspecified atom stereocenters. The van der Waals surface area contributed by atoms with Crippen molar-refractivity contribution in [1.29, 1.82) is 0 Å². The first kappa shape index (κ1) is 12.2. The van der Waals surface area contributed by atoms with Crippen LogP contribution in [0.2, 0.25) is 0 Å². The number of Topliss-reactive ketones (excluding diaryl/α,β-unsaturated/α-hetero) is 1. The summed E-state index contributed by atoms with van der Waals surface area (Å²) in [6.07, 6.45) is 3.31. The highest BCUT2D eigenvalue weighted by Crippen LogP contribution is 2.41. The average Bonchev–Trinajstić information content (AvgIpc) is 2.98. The molecule has 2 aromatic rings. The molecule has 0 N–H and O–H groups in total. The van der Waals surface area contributed by atoms with Gasteiger partial charge in [-0.3, -0.25) is 4.79 Å². The van der Waals surface area contributed by atoms with Crippen LogP contribution >= 0.6 is 0 Å². The zero-order chi connectivity index (χ0) is 13.1. The van der Waals surface area contributed by atoms with Gasteiger partial charge in [0, 0.05) is 11.5 Å². The van der Waals surface area contributed by atoms with Gasteiger partial charge in [-0.2, -0.15) is 0 Å². The third kappa shape index (κ3) is 2.46. The third-order valence-corrected chi connectivity index (χ3v) is 4.14. The van der Waals surface area contributed by atoms with Gasteiger partial charge in [0.25, 0.3) is 0 Å². The Hall–Kier alpha value is -1.89. The van der Waals surface area contributed by atoms with Crippen LogP contribution in [0.15, 0.2) is 60.7 Å². The van der Waals surface area contributed by atoms with Crippen molar-refractivity contribution in [3.05, 3.63) is 71.8 Å². The van der Waals surface area contributed by atoms with E-state index in [4.69, 9.17) is 0 Å². The Morgan fingerprint density at radius 1 is 0.842 bits per heavy atom. The molecule has 0 aromatic heterocycles. The summed E-state index contributed by atoms with van der Waals surface area (Å²) < 4.78 is 0. The number of rotatable bonds is 3. The van der Waals surface area contributed by atoms with Crippen molar-refractivity contribution in [2.24, 2.45) is 5.92 Å². The molecule has 0 bridgehead atoms. The molecule has 0 saturated heterocycles. The molecule has 2 aromatic carbocycles. The summed E-state index contributed by atoms with van der Waals surface area (Å²) >= 11 is 0. The summed E-state index contributed by atoms with van der Waals surface area (Å²) in [6, 6.07) is 20.2. The lowest BCUT2D eigenvalue weighted by molar-refractivity contribution is 0.0912. The minimum absolute atomic E-state index is 0.157. The number of hydrogen-bond acceptors (Lipinski definition) is 1. The van der Waals surface area contributed by atoms with Crippen LogP contribution < -0.4 is 0 Å². The minimum atomic E-state index is 0.157. The van der Waals surface area contributed by atoms with Crippen LogP contribution in [-0.2, 0) is 0 Å². The topological polar surface area (TPSA) is 17.1 Å². The lowest BCUT2D eigenvalue weighted by Gasteiger charge is -2.19. The first-order valence-electron chi connectivity index (χ1n) is 7.00. The molecule has 1 nitrogen and oxygen atoms in total. The molecule has 3 rings (SSSR count). The van der Waals surface area contributed by atoms with Gasteiger partial charge in [0.1, 0.15) is 0 Å². The number of hydrogen-bond donors (Lipinski definition) is 0. The molecule has 1 saturated carbocycles. The molecule has 1 aliphatic rings. The highest BCUT2D eigenvalue weighted by Gasteiger charge is 2.34. The van der Waals surface area contributed by atoms with Gasteiger partial charge in [-0.1, -0.05) is 67.1 Å². The van der Waals surface area contributed by atoms with Gasteiger partial charge in [0.05, 0.1) is 0 Å². The van der Waals surface area contributed by atoms with Crippen molar-refractivity contribution >= 4 is 5.78 Å². The summed E-state index contributed by atoms with van der Waals surface area (Å²) in [4.78, 5) is 12.6. The van der Waals surface area contributed by atoms with Crippen molar-refractivity contribution in [2.75, 3.05) is 0 Å². The standard InChI is InChI=1S/C18H18O/c19-18(15-10-5-2-6-11-15)17-13-7-12-16(17)14-8-3-1-4-9-14/h1-6,8-11,16-17H,7,12-13H2/t16-,17-/m1/s1. The Balaban J connectivity index is 1.86. The van der Waals surface area contributed by atoms with E-state index in [0.717, 1.165) is 24.8 Å². The van der Waals surface area contributed by atoms with Gasteiger partial charge in [-0.05, 0) is 24.3 Å². The first-order valence-corrected chi connectivity index (χ1v) is 7.00. The van der Waals surface area contributed by atoms with Crippen molar-refractivity contribution in [1.82, 2.24) is 0 Å². The predicted molar refractivity (Wildman–Crippen MR) is 77.3 cm³/mol. The highest BCUT2D eigenvalue weighted by molar-refractivity contribution is 5.98. The lowest BCUT2D eigenvalue weighted by atomic mass is 9.84. The second kappa shape index (κ2) is 5.40. The van der Waals surface area contributed by atoms with E-state index in [9.17, 15) is 4.79 Å². The molecule has 0 spiro atoms. The molecule has 96 valence electrons. The second-order valence-corrected chi connectivity index (χ2v) is 5.28. The Bertz CT molecular complexity index is 544. The van der Waals surface area contributed by atoms with Gasteiger partial charge in [0.2, 0.25) is 0 Å². The summed E-state index contributed by atoms with van der Waals surface area (Å²) in [5.74, 6) is 0.866. The van der Waals surface area contributed by atoms with Crippen molar-refractivity contribution in [3.63, 3.8) is 0 Å². The van der Waals surface area contributed by atoms with Gasteiger partial charge < -0.3 is 0 Å². The van der Waals surface area contributed by atoms with Crippen LogP contribution in [0.1, 0.15) is 41.1 Å². The summed E-state index contributed by atoms with van der Waals surface area (Å²) in [6.45, 7) is 0. The van der Waals surface area contributed by atoms with Gasteiger partial charge in [-0.25, -0.2) is 0 Å². The zero-order valence-electron chi connectivity index (χ0n) is 11.0. The fourth-order valence-electron chi connectivity index (χ4n) is 3.19. The van der Waals surface area contributed by atoms with Crippen LogP contribution in [0, 0.1) is 5.92 Å². The largest absolute Gasteiger partial charge is 0.294 e. The van der Waals surface area contributed by atoms with Crippen molar-refractivity contribution in [3.8, 4) is 0 Å². The first-order chi connectivity index (χ1) is 9.36. The molecular weight excluding hydrogens is 232 g/mol. The maximum atomic E-state index is 12.6. The Kier molecular flexibility index (Phi) is 3.45. The molecule has 0 radical (unpaired) electrons. The molecule has 19 heavy (non-hydrogen) atoms. The monoisotopic (exact) mass is 250 g/mol. The van der Waals surface area contributed by atoms with E-state index in [-0.39, 0.29) is 5.92 Å². The fraction of sp³-hybridized carbons (Fsp3) is 0.278. The molecule has 0 heterocycles. The number of ketones is 1. The van der Waals surface area contributed by atoms with E-state index >= 15 is 0 Å². The van der Waals surface area contributed by atoms with Gasteiger partial charge >= 0.3 is 0 Å². The van der Waals surface area contributed by atoms with E-state index in [2.05, 4.69) is 24.3 Å². The molecule has 0 amide bonds. The quantitative estimate of drug-likeness (QED) is 0.735. The second-order valence-electron chi connectivity index (χ2n) is 5.28. The highest BCUT2D eigenvalue weighted by atomic mass is 16.1. The van der Waals surface area contributed by atoms with Crippen LogP contribution in [0.5, 0.6) is 0 Å². The predicted octanol–water partition coefficient (Wildman–Crippen LogP) is 4.45. The maximum Gasteiger partial charge on any atom is 0.166 e. The number of carbonyl (C=O) groups excluding carboxylic acids is 1. The minimum Gasteiger partial charge on any atom is -0.294 e. The molecule has 2 atom stereocenters. The Morgan fingerprint density at radius 2 is 1.47 bits per heavy atom. The molecule has 1 heteroatoms. The van der Waals surface area contributed by atoms with E-state index < -0.39 is 0 Å². The SMILES string of the molecule is O=C(c1ccccc1)[C@@H]1CCC[C@@H]1c1ccccc1. The van der Waals surface area contributed by atoms with E-state index in [1.54, 1.807) is 0 Å². The van der Waals surface area contributed by atoms with Crippen LogP contribution in [0.4, 0.5) is 0 Å². The molecule has 1 aliphatic carbocycles. The van der Waals surface area contributed by atoms with E-state index in [1.807, 2.05) is 36.4 Å². The lowest BCUT2D eigenvalue weighted by Crippen LogP contribution is -2.17. The summed E-state index contributed by atoms with van der Waals surface area (Å²) in [5.41, 5.74) is 2.17. The van der Waals surface area contributed by atoms with Crippen LogP contribution in [0.3, 0.4) is 0 Å².